The van der Waals surface area contributed by atoms with Gasteiger partial charge < -0.3 is 4.74 Å². The average molecular weight is 183 g/mol. The monoisotopic (exact) mass is 183 g/mol. The maximum absolute atomic E-state index is 11.4. The maximum atomic E-state index is 11.4. The molecule has 0 spiro atoms. The van der Waals surface area contributed by atoms with E-state index in [1.54, 1.807) is 0 Å². The van der Waals surface area contributed by atoms with E-state index in [0.29, 0.717) is 6.04 Å². The minimum absolute atomic E-state index is 0.0376. The first-order valence-electron chi connectivity index (χ1n) is 5.16. The molecule has 0 N–H and O–H groups in total. The lowest BCUT2D eigenvalue weighted by Crippen LogP contribution is -2.46. The molecule has 0 aromatic carbocycles. The number of nitrogens with zero attached hydrogens (tertiary/aromatic N) is 1. The molecule has 0 aromatic rings. The van der Waals surface area contributed by atoms with Crippen LogP contribution in [0.5, 0.6) is 0 Å². The third kappa shape index (κ3) is 1.57. The van der Waals surface area contributed by atoms with Crippen LogP contribution in [-0.2, 0) is 9.53 Å². The molecular formula is C10H17NO2. The lowest BCUT2D eigenvalue weighted by molar-refractivity contribution is -0.147. The molecule has 0 aromatic heterocycles. The average Bonchev–Trinajstić information content (AvgIpc) is 2.49. The van der Waals surface area contributed by atoms with E-state index < -0.39 is 0 Å². The Morgan fingerprint density at radius 1 is 1.31 bits per heavy atom. The Morgan fingerprint density at radius 3 is 2.62 bits per heavy atom. The van der Waals surface area contributed by atoms with Gasteiger partial charge in [-0.25, -0.2) is 0 Å². The number of hydrogen-bond donors (Lipinski definition) is 0. The zero-order chi connectivity index (χ0) is 9.26. The Kier molecular flexibility index (Phi) is 2.54. The van der Waals surface area contributed by atoms with E-state index in [1.807, 2.05) is 0 Å². The summed E-state index contributed by atoms with van der Waals surface area (Å²) in [7, 11) is 1.49. The van der Waals surface area contributed by atoms with Crippen molar-refractivity contribution in [1.29, 1.82) is 0 Å². The predicted octanol–water partition coefficient (Wildman–Crippen LogP) is 1.18. The highest BCUT2D eigenvalue weighted by Gasteiger charge is 2.37. The third-order valence-electron chi connectivity index (χ3n) is 3.31. The zero-order valence-electron chi connectivity index (χ0n) is 8.16. The SMILES string of the molecule is COC(=O)C1CCCN1C1CCC1. The summed E-state index contributed by atoms with van der Waals surface area (Å²) in [5.41, 5.74) is 0. The van der Waals surface area contributed by atoms with Crippen LogP contribution in [0.4, 0.5) is 0 Å². The number of hydrogen-bond acceptors (Lipinski definition) is 3. The predicted molar refractivity (Wildman–Crippen MR) is 49.4 cm³/mol. The summed E-state index contributed by atoms with van der Waals surface area (Å²) in [6.07, 6.45) is 6.01. The molecule has 0 amide bonds. The van der Waals surface area contributed by atoms with Crippen molar-refractivity contribution in [3.63, 3.8) is 0 Å². The number of ether oxygens (including phenoxy) is 1. The van der Waals surface area contributed by atoms with Gasteiger partial charge in [-0.2, -0.15) is 0 Å². The largest absolute Gasteiger partial charge is 0.468 e. The molecule has 74 valence electrons. The van der Waals surface area contributed by atoms with Crippen LogP contribution >= 0.6 is 0 Å². The highest BCUT2D eigenvalue weighted by molar-refractivity contribution is 5.76. The Bertz CT molecular complexity index is 201. The Hall–Kier alpha value is -0.570. The highest BCUT2D eigenvalue weighted by Crippen LogP contribution is 2.31. The molecule has 1 aliphatic heterocycles. The van der Waals surface area contributed by atoms with Crippen molar-refractivity contribution in [3.05, 3.63) is 0 Å². The van der Waals surface area contributed by atoms with Crippen molar-refractivity contribution in [3.8, 4) is 0 Å². The first-order chi connectivity index (χ1) is 6.33. The van der Waals surface area contributed by atoms with E-state index in [4.69, 9.17) is 4.74 Å². The molecule has 3 heteroatoms. The van der Waals surface area contributed by atoms with Gasteiger partial charge in [0.2, 0.25) is 0 Å². The number of rotatable bonds is 2. The molecule has 1 aliphatic carbocycles. The fourth-order valence-electron chi connectivity index (χ4n) is 2.33. The molecule has 13 heavy (non-hydrogen) atoms. The van der Waals surface area contributed by atoms with Gasteiger partial charge in [-0.3, -0.25) is 9.69 Å². The molecule has 3 nitrogen and oxygen atoms in total. The van der Waals surface area contributed by atoms with Gasteiger partial charge in [0.15, 0.2) is 0 Å². The van der Waals surface area contributed by atoms with E-state index in [9.17, 15) is 4.79 Å². The van der Waals surface area contributed by atoms with Crippen molar-refractivity contribution >= 4 is 5.97 Å². The van der Waals surface area contributed by atoms with Gasteiger partial charge in [-0.15, -0.1) is 0 Å². The van der Waals surface area contributed by atoms with E-state index in [2.05, 4.69) is 4.90 Å². The second-order valence-corrected chi connectivity index (χ2v) is 4.00. The number of carbonyl (C=O) groups excluding carboxylic acids is 1. The van der Waals surface area contributed by atoms with Gasteiger partial charge in [-0.1, -0.05) is 6.42 Å². The van der Waals surface area contributed by atoms with Crippen LogP contribution in [0.3, 0.4) is 0 Å². The molecule has 0 bridgehead atoms. The minimum Gasteiger partial charge on any atom is -0.468 e. The second kappa shape index (κ2) is 3.66. The lowest BCUT2D eigenvalue weighted by atomic mass is 9.91. The molecular weight excluding hydrogens is 166 g/mol. The summed E-state index contributed by atoms with van der Waals surface area (Å²) in [4.78, 5) is 13.7. The van der Waals surface area contributed by atoms with Crippen molar-refractivity contribution in [2.75, 3.05) is 13.7 Å². The quantitative estimate of drug-likeness (QED) is 0.602. The molecule has 2 fully saturated rings. The fourth-order valence-corrected chi connectivity index (χ4v) is 2.33. The van der Waals surface area contributed by atoms with Gasteiger partial charge in [-0.05, 0) is 32.2 Å². The molecule has 1 atom stereocenters. The molecule has 1 saturated carbocycles. The van der Waals surface area contributed by atoms with Crippen LogP contribution in [0.2, 0.25) is 0 Å². The van der Waals surface area contributed by atoms with Gasteiger partial charge in [0, 0.05) is 6.04 Å². The van der Waals surface area contributed by atoms with E-state index >= 15 is 0 Å². The topological polar surface area (TPSA) is 29.5 Å². The number of esters is 1. The standard InChI is InChI=1S/C10H17NO2/c1-13-10(12)9-6-3-7-11(9)8-4-2-5-8/h8-9H,2-7H2,1H3. The van der Waals surface area contributed by atoms with Crippen LogP contribution in [0, 0.1) is 0 Å². The molecule has 2 aliphatic rings. The lowest BCUT2D eigenvalue weighted by Gasteiger charge is -2.37. The second-order valence-electron chi connectivity index (χ2n) is 4.00. The molecule has 1 saturated heterocycles. The third-order valence-corrected chi connectivity index (χ3v) is 3.31. The fraction of sp³-hybridized carbons (Fsp3) is 0.900. The van der Waals surface area contributed by atoms with Gasteiger partial charge in [0.1, 0.15) is 6.04 Å². The summed E-state index contributed by atoms with van der Waals surface area (Å²) >= 11 is 0. The van der Waals surface area contributed by atoms with E-state index in [-0.39, 0.29) is 12.0 Å². The van der Waals surface area contributed by atoms with Crippen molar-refractivity contribution < 1.29 is 9.53 Å². The smallest absolute Gasteiger partial charge is 0.323 e. The summed E-state index contributed by atoms with van der Waals surface area (Å²) in [6.45, 7) is 1.09. The van der Waals surface area contributed by atoms with Crippen LogP contribution in [0.15, 0.2) is 0 Å². The van der Waals surface area contributed by atoms with E-state index in [0.717, 1.165) is 19.4 Å². The summed E-state index contributed by atoms with van der Waals surface area (Å²) < 4.78 is 4.80. The van der Waals surface area contributed by atoms with Gasteiger partial charge in [0.05, 0.1) is 7.11 Å². The molecule has 0 radical (unpaired) electrons. The van der Waals surface area contributed by atoms with Crippen molar-refractivity contribution in [1.82, 2.24) is 4.90 Å². The summed E-state index contributed by atoms with van der Waals surface area (Å²) in [5.74, 6) is -0.0376. The number of methoxy groups -OCH3 is 1. The van der Waals surface area contributed by atoms with Gasteiger partial charge in [0.25, 0.3) is 0 Å². The van der Waals surface area contributed by atoms with Crippen LogP contribution in [0.25, 0.3) is 0 Å². The first kappa shape index (κ1) is 9.00. The minimum atomic E-state index is -0.0376. The first-order valence-corrected chi connectivity index (χ1v) is 5.16. The summed E-state index contributed by atoms with van der Waals surface area (Å²) in [6, 6.07) is 0.738. The van der Waals surface area contributed by atoms with E-state index in [1.165, 1.54) is 26.4 Å². The number of carbonyl (C=O) groups is 1. The van der Waals surface area contributed by atoms with Crippen molar-refractivity contribution in [2.24, 2.45) is 0 Å². The molecule has 1 unspecified atom stereocenters. The van der Waals surface area contributed by atoms with Crippen molar-refractivity contribution in [2.45, 2.75) is 44.2 Å². The molecule has 1 heterocycles. The maximum Gasteiger partial charge on any atom is 0.323 e. The Morgan fingerprint density at radius 2 is 2.08 bits per heavy atom. The van der Waals surface area contributed by atoms with Crippen LogP contribution in [-0.4, -0.2) is 36.6 Å². The Labute approximate surface area is 79.0 Å². The highest BCUT2D eigenvalue weighted by atomic mass is 16.5. The van der Waals surface area contributed by atoms with Crippen LogP contribution < -0.4 is 0 Å². The summed E-state index contributed by atoms with van der Waals surface area (Å²) in [5, 5.41) is 0. The Balaban J connectivity index is 1.96. The van der Waals surface area contributed by atoms with Gasteiger partial charge >= 0.3 is 5.97 Å². The van der Waals surface area contributed by atoms with Crippen LogP contribution in [0.1, 0.15) is 32.1 Å². The molecule has 2 rings (SSSR count). The number of likely N-dealkylation sites (tertiary alicyclic amines) is 1. The normalized spacial score (nSPS) is 30.1. The zero-order valence-corrected chi connectivity index (χ0v) is 8.16.